The molecule has 106 valence electrons. The van der Waals surface area contributed by atoms with Crippen LogP contribution in [0.5, 0.6) is 5.75 Å². The highest BCUT2D eigenvalue weighted by atomic mass is 16.5. The number of nitrogens with one attached hydrogen (secondary N) is 1. The molecule has 2 fully saturated rings. The molecule has 0 bridgehead atoms. The smallest absolute Gasteiger partial charge is 0.121 e. The zero-order valence-corrected chi connectivity index (χ0v) is 11.8. The molecular weight excluding hydrogens is 248 g/mol. The van der Waals surface area contributed by atoms with Gasteiger partial charge in [-0.1, -0.05) is 6.07 Å². The van der Waals surface area contributed by atoms with E-state index in [2.05, 4.69) is 23.5 Å². The zero-order valence-electron chi connectivity index (χ0n) is 11.8. The molecule has 0 spiro atoms. The Morgan fingerprint density at radius 2 is 2.00 bits per heavy atom. The van der Waals surface area contributed by atoms with E-state index in [-0.39, 0.29) is 0 Å². The molecule has 0 aliphatic heterocycles. The Balaban J connectivity index is 1.54. The highest BCUT2D eigenvalue weighted by Gasteiger charge is 2.41. The number of hydrogen-bond donors (Lipinski definition) is 1. The number of hydrogen-bond acceptors (Lipinski definition) is 3. The van der Waals surface area contributed by atoms with E-state index in [4.69, 9.17) is 10.00 Å². The molecule has 3 nitrogen and oxygen atoms in total. The average molecular weight is 270 g/mol. The van der Waals surface area contributed by atoms with Gasteiger partial charge in [0.1, 0.15) is 5.75 Å². The van der Waals surface area contributed by atoms with Gasteiger partial charge in [0, 0.05) is 24.2 Å². The predicted molar refractivity (Wildman–Crippen MR) is 79.6 cm³/mol. The monoisotopic (exact) mass is 270 g/mol. The van der Waals surface area contributed by atoms with Crippen LogP contribution in [0.3, 0.4) is 0 Å². The van der Waals surface area contributed by atoms with Crippen LogP contribution in [0.15, 0.2) is 24.3 Å². The third-order valence-electron chi connectivity index (χ3n) is 4.13. The molecule has 0 unspecified atom stereocenters. The van der Waals surface area contributed by atoms with E-state index in [1.54, 1.807) is 0 Å². The summed E-state index contributed by atoms with van der Waals surface area (Å²) in [4.78, 5) is 0. The summed E-state index contributed by atoms with van der Waals surface area (Å²) < 4.78 is 5.69. The first-order chi connectivity index (χ1) is 9.86. The molecule has 0 radical (unpaired) electrons. The van der Waals surface area contributed by atoms with E-state index in [0.29, 0.717) is 19.1 Å². The third kappa shape index (κ3) is 3.66. The molecule has 1 N–H and O–H groups in total. The molecule has 0 heterocycles. The van der Waals surface area contributed by atoms with Gasteiger partial charge in [-0.25, -0.2) is 0 Å². The maximum atomic E-state index is 8.51. The summed E-state index contributed by atoms with van der Waals surface area (Å²) in [6, 6.07) is 11.0. The van der Waals surface area contributed by atoms with Crippen LogP contribution in [0.2, 0.25) is 0 Å². The van der Waals surface area contributed by atoms with Crippen molar-refractivity contribution >= 4 is 5.69 Å². The number of anilines is 1. The molecule has 0 saturated heterocycles. The lowest BCUT2D eigenvalue weighted by Crippen LogP contribution is -2.24. The molecule has 2 saturated carbocycles. The van der Waals surface area contributed by atoms with Gasteiger partial charge in [0.25, 0.3) is 0 Å². The largest absolute Gasteiger partial charge is 0.493 e. The van der Waals surface area contributed by atoms with Crippen LogP contribution in [0.4, 0.5) is 5.69 Å². The summed E-state index contributed by atoms with van der Waals surface area (Å²) in [5, 5.41) is 12.2. The molecule has 1 aromatic rings. The van der Waals surface area contributed by atoms with E-state index in [1.807, 2.05) is 12.1 Å². The minimum absolute atomic E-state index is 0.559. The molecule has 2 aliphatic rings. The summed E-state index contributed by atoms with van der Waals surface area (Å²) in [7, 11) is 0. The van der Waals surface area contributed by atoms with Crippen molar-refractivity contribution in [1.29, 1.82) is 5.26 Å². The minimum atomic E-state index is 0.559. The second-order valence-electron chi connectivity index (χ2n) is 5.98. The number of unbranched alkanes of at least 4 members (excludes halogenated alkanes) is 1. The van der Waals surface area contributed by atoms with E-state index >= 15 is 0 Å². The van der Waals surface area contributed by atoms with Crippen molar-refractivity contribution in [3.05, 3.63) is 24.3 Å². The van der Waals surface area contributed by atoms with E-state index in [1.165, 1.54) is 31.4 Å². The molecule has 0 aromatic heterocycles. The minimum Gasteiger partial charge on any atom is -0.493 e. The van der Waals surface area contributed by atoms with Crippen LogP contribution in [-0.2, 0) is 0 Å². The number of ether oxygens (including phenoxy) is 1. The van der Waals surface area contributed by atoms with E-state index < -0.39 is 0 Å². The average Bonchev–Trinajstić information content (AvgIpc) is 3.35. The van der Waals surface area contributed by atoms with Gasteiger partial charge in [-0.15, -0.1) is 0 Å². The lowest BCUT2D eigenvalue weighted by molar-refractivity contribution is 0.313. The summed E-state index contributed by atoms with van der Waals surface area (Å²) in [5.74, 6) is 2.68. The first-order valence-corrected chi connectivity index (χ1v) is 7.73. The molecule has 3 heteroatoms. The molecule has 0 amide bonds. The number of rotatable bonds is 8. The van der Waals surface area contributed by atoms with Crippen molar-refractivity contribution in [1.82, 2.24) is 0 Å². The number of nitriles is 1. The lowest BCUT2D eigenvalue weighted by atomic mass is 10.1. The standard InChI is InChI=1S/C17H22N2O/c18-10-1-2-11-20-16-5-3-4-15(12-16)19-17(13-6-7-13)14-8-9-14/h3-5,12-14,17,19H,1-2,6-9,11H2. The van der Waals surface area contributed by atoms with Crippen LogP contribution in [-0.4, -0.2) is 12.6 Å². The summed E-state index contributed by atoms with van der Waals surface area (Å²) >= 11 is 0. The van der Waals surface area contributed by atoms with Gasteiger partial charge in [-0.3, -0.25) is 0 Å². The Bertz CT molecular complexity index is 474. The highest BCUT2D eigenvalue weighted by molar-refractivity contribution is 5.49. The van der Waals surface area contributed by atoms with E-state index in [9.17, 15) is 0 Å². The normalized spacial score (nSPS) is 17.8. The van der Waals surface area contributed by atoms with Gasteiger partial charge in [-0.05, 0) is 56.1 Å². The van der Waals surface area contributed by atoms with Crippen molar-refractivity contribution in [3.63, 3.8) is 0 Å². The van der Waals surface area contributed by atoms with Crippen LogP contribution >= 0.6 is 0 Å². The van der Waals surface area contributed by atoms with Crippen molar-refractivity contribution < 1.29 is 4.74 Å². The van der Waals surface area contributed by atoms with Crippen molar-refractivity contribution in [3.8, 4) is 11.8 Å². The fraction of sp³-hybridized carbons (Fsp3) is 0.588. The fourth-order valence-corrected chi connectivity index (χ4v) is 2.74. The van der Waals surface area contributed by atoms with Crippen molar-refractivity contribution in [2.45, 2.75) is 44.6 Å². The quantitative estimate of drug-likeness (QED) is 0.727. The summed E-state index contributed by atoms with van der Waals surface area (Å²) in [6.45, 7) is 0.617. The zero-order chi connectivity index (χ0) is 13.8. The van der Waals surface area contributed by atoms with Gasteiger partial charge < -0.3 is 10.1 Å². The Morgan fingerprint density at radius 1 is 1.25 bits per heavy atom. The lowest BCUT2D eigenvalue weighted by Gasteiger charge is -2.19. The highest BCUT2D eigenvalue weighted by Crippen LogP contribution is 2.46. The van der Waals surface area contributed by atoms with Crippen LogP contribution in [0.1, 0.15) is 38.5 Å². The molecule has 0 atom stereocenters. The fourth-order valence-electron chi connectivity index (χ4n) is 2.74. The first kappa shape index (κ1) is 13.3. The Hall–Kier alpha value is -1.69. The van der Waals surface area contributed by atoms with Crippen molar-refractivity contribution in [2.75, 3.05) is 11.9 Å². The first-order valence-electron chi connectivity index (χ1n) is 7.73. The van der Waals surface area contributed by atoms with Crippen LogP contribution < -0.4 is 10.1 Å². The SMILES string of the molecule is N#CCCCOc1cccc(NC(C2CC2)C2CC2)c1. The third-order valence-corrected chi connectivity index (χ3v) is 4.13. The Kier molecular flexibility index (Phi) is 4.11. The van der Waals surface area contributed by atoms with Crippen LogP contribution in [0.25, 0.3) is 0 Å². The predicted octanol–water partition coefficient (Wildman–Crippen LogP) is 3.97. The Labute approximate surface area is 120 Å². The van der Waals surface area contributed by atoms with Gasteiger partial charge in [-0.2, -0.15) is 5.26 Å². The van der Waals surface area contributed by atoms with Crippen LogP contribution in [0, 0.1) is 23.2 Å². The summed E-state index contributed by atoms with van der Waals surface area (Å²) in [6.07, 6.45) is 6.90. The maximum absolute atomic E-state index is 8.51. The maximum Gasteiger partial charge on any atom is 0.121 e. The molecule has 2 aliphatic carbocycles. The molecule has 3 rings (SSSR count). The molecule has 1 aromatic carbocycles. The van der Waals surface area contributed by atoms with Gasteiger partial charge in [0.15, 0.2) is 0 Å². The number of benzene rings is 1. The second-order valence-corrected chi connectivity index (χ2v) is 5.98. The van der Waals surface area contributed by atoms with Gasteiger partial charge >= 0.3 is 0 Å². The van der Waals surface area contributed by atoms with Gasteiger partial charge in [0.2, 0.25) is 0 Å². The van der Waals surface area contributed by atoms with Gasteiger partial charge in [0.05, 0.1) is 12.7 Å². The topological polar surface area (TPSA) is 45.0 Å². The Morgan fingerprint density at radius 3 is 2.65 bits per heavy atom. The molecular formula is C17H22N2O. The summed E-state index contributed by atoms with van der Waals surface area (Å²) in [5.41, 5.74) is 1.17. The second kappa shape index (κ2) is 6.17. The van der Waals surface area contributed by atoms with Crippen molar-refractivity contribution in [2.24, 2.45) is 11.8 Å². The number of nitrogens with zero attached hydrogens (tertiary/aromatic N) is 1. The van der Waals surface area contributed by atoms with E-state index in [0.717, 1.165) is 24.0 Å². The molecule has 20 heavy (non-hydrogen) atoms.